The average molecular weight is 166 g/mol. The van der Waals surface area contributed by atoms with Gasteiger partial charge in [0, 0.05) is 18.7 Å². The molecule has 12 heavy (non-hydrogen) atoms. The highest BCUT2D eigenvalue weighted by Crippen LogP contribution is 2.11. The third-order valence-corrected chi connectivity index (χ3v) is 2.12. The van der Waals surface area contributed by atoms with E-state index in [0.717, 1.165) is 18.7 Å². The molecule has 1 aromatic heterocycles. The van der Waals surface area contributed by atoms with E-state index >= 15 is 0 Å². The van der Waals surface area contributed by atoms with E-state index in [0.29, 0.717) is 12.4 Å². The largest absolute Gasteiger partial charge is 0.477 e. The second-order valence-electron chi connectivity index (χ2n) is 2.85. The van der Waals surface area contributed by atoms with Gasteiger partial charge in [-0.25, -0.2) is 4.79 Å². The molecule has 0 saturated carbocycles. The SMILES string of the molecule is O=C(O)c1ccc2n1CNCC2. The molecule has 2 heterocycles. The summed E-state index contributed by atoms with van der Waals surface area (Å²) in [7, 11) is 0. The molecule has 4 nitrogen and oxygen atoms in total. The topological polar surface area (TPSA) is 54.3 Å². The van der Waals surface area contributed by atoms with Gasteiger partial charge in [0.05, 0.1) is 6.67 Å². The van der Waals surface area contributed by atoms with E-state index in [9.17, 15) is 4.79 Å². The minimum absolute atomic E-state index is 0.372. The van der Waals surface area contributed by atoms with Crippen LogP contribution in [-0.2, 0) is 13.1 Å². The Kier molecular flexibility index (Phi) is 1.62. The molecule has 0 aromatic carbocycles. The number of carboxylic acids is 1. The maximum atomic E-state index is 10.7. The number of rotatable bonds is 1. The van der Waals surface area contributed by atoms with Gasteiger partial charge < -0.3 is 9.67 Å². The minimum atomic E-state index is -0.857. The third-order valence-electron chi connectivity index (χ3n) is 2.12. The lowest BCUT2D eigenvalue weighted by atomic mass is 10.3. The van der Waals surface area contributed by atoms with E-state index in [2.05, 4.69) is 5.32 Å². The smallest absolute Gasteiger partial charge is 0.352 e. The first-order valence-electron chi connectivity index (χ1n) is 3.91. The van der Waals surface area contributed by atoms with Crippen LogP contribution in [0.15, 0.2) is 12.1 Å². The maximum absolute atomic E-state index is 10.7. The summed E-state index contributed by atoms with van der Waals surface area (Å²) in [6.45, 7) is 1.55. The molecule has 0 amide bonds. The highest BCUT2D eigenvalue weighted by atomic mass is 16.4. The Morgan fingerprint density at radius 1 is 1.58 bits per heavy atom. The maximum Gasteiger partial charge on any atom is 0.352 e. The standard InChI is InChI=1S/C8H10N2O2/c11-8(12)7-2-1-6-3-4-9-5-10(6)7/h1-2,9H,3-5H2,(H,11,12). The summed E-state index contributed by atoms with van der Waals surface area (Å²) in [6, 6.07) is 3.54. The van der Waals surface area contributed by atoms with Gasteiger partial charge in [-0.3, -0.25) is 5.32 Å². The van der Waals surface area contributed by atoms with E-state index in [-0.39, 0.29) is 0 Å². The van der Waals surface area contributed by atoms with Crippen LogP contribution in [0.2, 0.25) is 0 Å². The van der Waals surface area contributed by atoms with Crippen molar-refractivity contribution in [2.45, 2.75) is 13.1 Å². The highest BCUT2D eigenvalue weighted by Gasteiger charge is 2.15. The van der Waals surface area contributed by atoms with E-state index < -0.39 is 5.97 Å². The summed E-state index contributed by atoms with van der Waals surface area (Å²) in [5.41, 5.74) is 1.48. The fraction of sp³-hybridized carbons (Fsp3) is 0.375. The van der Waals surface area contributed by atoms with Gasteiger partial charge in [0.15, 0.2) is 0 Å². The molecule has 1 aromatic rings. The molecule has 0 bridgehead atoms. The number of nitrogens with zero attached hydrogens (tertiary/aromatic N) is 1. The van der Waals surface area contributed by atoms with Crippen LogP contribution in [0.1, 0.15) is 16.2 Å². The van der Waals surface area contributed by atoms with E-state index in [4.69, 9.17) is 5.11 Å². The van der Waals surface area contributed by atoms with Crippen molar-refractivity contribution >= 4 is 5.97 Å². The summed E-state index contributed by atoms with van der Waals surface area (Å²) in [5.74, 6) is -0.857. The molecule has 1 aliphatic rings. The predicted octanol–water partition coefficient (Wildman–Crippen LogP) is 0.289. The molecule has 2 rings (SSSR count). The molecule has 0 fully saturated rings. The highest BCUT2D eigenvalue weighted by molar-refractivity contribution is 5.86. The first kappa shape index (κ1) is 7.36. The first-order chi connectivity index (χ1) is 5.79. The Morgan fingerprint density at radius 2 is 2.42 bits per heavy atom. The Balaban J connectivity index is 2.44. The fourth-order valence-electron chi connectivity index (χ4n) is 1.51. The van der Waals surface area contributed by atoms with Gasteiger partial charge in [-0.15, -0.1) is 0 Å². The van der Waals surface area contributed by atoms with Crippen LogP contribution in [0, 0.1) is 0 Å². The van der Waals surface area contributed by atoms with Crippen molar-refractivity contribution in [3.05, 3.63) is 23.5 Å². The van der Waals surface area contributed by atoms with Gasteiger partial charge in [-0.1, -0.05) is 0 Å². The molecule has 0 spiro atoms. The lowest BCUT2D eigenvalue weighted by Crippen LogP contribution is -2.30. The Labute approximate surface area is 69.8 Å². The number of hydrogen-bond donors (Lipinski definition) is 2. The minimum Gasteiger partial charge on any atom is -0.477 e. The monoisotopic (exact) mass is 166 g/mol. The van der Waals surface area contributed by atoms with Crippen molar-refractivity contribution in [1.29, 1.82) is 0 Å². The second kappa shape index (κ2) is 2.64. The number of fused-ring (bicyclic) bond motifs is 1. The summed E-state index contributed by atoms with van der Waals surface area (Å²) in [6.07, 6.45) is 0.910. The van der Waals surface area contributed by atoms with Gasteiger partial charge in [-0.2, -0.15) is 0 Å². The molecule has 0 aliphatic carbocycles. The molecule has 2 N–H and O–H groups in total. The normalized spacial score (nSPS) is 15.7. The lowest BCUT2D eigenvalue weighted by molar-refractivity contribution is 0.0683. The van der Waals surface area contributed by atoms with Crippen molar-refractivity contribution in [2.24, 2.45) is 0 Å². The Hall–Kier alpha value is -1.29. The van der Waals surface area contributed by atoms with Gasteiger partial charge in [-0.05, 0) is 12.1 Å². The van der Waals surface area contributed by atoms with E-state index in [1.807, 2.05) is 6.07 Å². The van der Waals surface area contributed by atoms with Gasteiger partial charge >= 0.3 is 5.97 Å². The van der Waals surface area contributed by atoms with Crippen molar-refractivity contribution in [3.63, 3.8) is 0 Å². The zero-order chi connectivity index (χ0) is 8.55. The molecule has 4 heteroatoms. The summed E-state index contributed by atoms with van der Waals surface area (Å²) in [4.78, 5) is 10.7. The van der Waals surface area contributed by atoms with Crippen LogP contribution in [0.4, 0.5) is 0 Å². The lowest BCUT2D eigenvalue weighted by Gasteiger charge is -2.17. The number of aromatic carboxylic acids is 1. The number of hydrogen-bond acceptors (Lipinski definition) is 2. The molecule has 0 atom stereocenters. The van der Waals surface area contributed by atoms with Gasteiger partial charge in [0.2, 0.25) is 0 Å². The van der Waals surface area contributed by atoms with Crippen LogP contribution >= 0.6 is 0 Å². The third kappa shape index (κ3) is 1.00. The van der Waals surface area contributed by atoms with E-state index in [1.165, 1.54) is 0 Å². The number of aromatic nitrogens is 1. The Bertz CT molecular complexity index is 317. The first-order valence-corrected chi connectivity index (χ1v) is 3.91. The molecular weight excluding hydrogens is 156 g/mol. The van der Waals surface area contributed by atoms with Crippen LogP contribution in [0.5, 0.6) is 0 Å². The fourth-order valence-corrected chi connectivity index (χ4v) is 1.51. The second-order valence-corrected chi connectivity index (χ2v) is 2.85. The van der Waals surface area contributed by atoms with Crippen molar-refractivity contribution in [2.75, 3.05) is 6.54 Å². The summed E-state index contributed by atoms with van der Waals surface area (Å²) in [5, 5.41) is 11.9. The van der Waals surface area contributed by atoms with E-state index in [1.54, 1.807) is 10.6 Å². The van der Waals surface area contributed by atoms with Crippen molar-refractivity contribution < 1.29 is 9.90 Å². The van der Waals surface area contributed by atoms with Crippen LogP contribution in [-0.4, -0.2) is 22.2 Å². The zero-order valence-electron chi connectivity index (χ0n) is 6.58. The molecule has 1 aliphatic heterocycles. The van der Waals surface area contributed by atoms with Crippen LogP contribution in [0.25, 0.3) is 0 Å². The summed E-state index contributed by atoms with van der Waals surface area (Å²) < 4.78 is 1.80. The Morgan fingerprint density at radius 3 is 3.17 bits per heavy atom. The number of carboxylic acid groups (broad SMARTS) is 1. The van der Waals surface area contributed by atoms with Crippen molar-refractivity contribution in [3.8, 4) is 0 Å². The predicted molar refractivity (Wildman–Crippen MR) is 43.1 cm³/mol. The molecule has 0 saturated heterocycles. The number of carbonyl (C=O) groups is 1. The van der Waals surface area contributed by atoms with Crippen LogP contribution < -0.4 is 5.32 Å². The van der Waals surface area contributed by atoms with Gasteiger partial charge in [0.1, 0.15) is 5.69 Å². The molecule has 64 valence electrons. The van der Waals surface area contributed by atoms with Crippen molar-refractivity contribution in [1.82, 2.24) is 9.88 Å². The average Bonchev–Trinajstić information content (AvgIpc) is 2.47. The quantitative estimate of drug-likeness (QED) is 0.630. The zero-order valence-corrected chi connectivity index (χ0v) is 6.58. The van der Waals surface area contributed by atoms with Gasteiger partial charge in [0.25, 0.3) is 0 Å². The molecular formula is C8H10N2O2. The summed E-state index contributed by atoms with van der Waals surface area (Å²) >= 11 is 0. The molecule has 0 unspecified atom stereocenters. The van der Waals surface area contributed by atoms with Crippen LogP contribution in [0.3, 0.4) is 0 Å². The molecule has 0 radical (unpaired) electrons. The number of nitrogens with one attached hydrogen (secondary N) is 1.